The predicted octanol–water partition coefficient (Wildman–Crippen LogP) is 3.95. The zero-order chi connectivity index (χ0) is 21.7. The Morgan fingerprint density at radius 1 is 1.00 bits per heavy atom. The van der Waals surface area contributed by atoms with Crippen molar-refractivity contribution in [2.24, 2.45) is 0 Å². The summed E-state index contributed by atoms with van der Waals surface area (Å²) in [6, 6.07) is 16.5. The van der Waals surface area contributed by atoms with Gasteiger partial charge in [0.2, 0.25) is 0 Å². The van der Waals surface area contributed by atoms with Gasteiger partial charge in [0.15, 0.2) is 0 Å². The minimum absolute atomic E-state index is 0.00177. The van der Waals surface area contributed by atoms with Crippen molar-refractivity contribution in [2.45, 2.75) is 40.3 Å². The van der Waals surface area contributed by atoms with Crippen molar-refractivity contribution >= 4 is 17.6 Å². The summed E-state index contributed by atoms with van der Waals surface area (Å²) in [5, 5.41) is 13.1. The van der Waals surface area contributed by atoms with Crippen molar-refractivity contribution in [2.75, 3.05) is 5.32 Å². The molecule has 0 unspecified atom stereocenters. The fraction of sp³-hybridized carbons (Fsp3) is 0.261. The predicted molar refractivity (Wildman–Crippen MR) is 118 cm³/mol. The summed E-state index contributed by atoms with van der Waals surface area (Å²) in [4.78, 5) is 24.9. The molecule has 7 heteroatoms. The molecule has 0 aliphatic rings. The molecule has 3 N–H and O–H groups in total. The Labute approximate surface area is 176 Å². The minimum Gasteiger partial charge on any atom is -0.348 e. The van der Waals surface area contributed by atoms with Crippen LogP contribution >= 0.6 is 0 Å². The number of nitrogens with one attached hydrogen (secondary N) is 3. The Bertz CT molecular complexity index is 1040. The van der Waals surface area contributed by atoms with E-state index in [4.69, 9.17) is 0 Å². The molecule has 0 aliphatic heterocycles. The number of hydrogen-bond acceptors (Lipinski definition) is 3. The molecule has 156 valence electrons. The largest absolute Gasteiger partial charge is 0.348 e. The lowest BCUT2D eigenvalue weighted by molar-refractivity contribution is 0.0951. The van der Waals surface area contributed by atoms with Gasteiger partial charge in [0, 0.05) is 23.8 Å². The second-order valence-electron chi connectivity index (χ2n) is 7.38. The number of aromatic nitrogens is 2. The maximum atomic E-state index is 12.8. The number of aryl methyl sites for hydroxylation is 1. The standard InChI is InChI=1S/C23H27N5O2/c1-15(2)25-23(30)26-21-13-9-8-12-19(21)22(29)24-14-20-16(3)27-28(17(20)4)18-10-6-5-7-11-18/h5-13,15H,14H2,1-4H3,(H,24,29)(H2,25,26,30). The fourth-order valence-electron chi connectivity index (χ4n) is 3.23. The van der Waals surface area contributed by atoms with Crippen LogP contribution < -0.4 is 16.0 Å². The van der Waals surface area contributed by atoms with E-state index in [1.807, 2.05) is 62.7 Å². The summed E-state index contributed by atoms with van der Waals surface area (Å²) in [7, 11) is 0. The maximum absolute atomic E-state index is 12.8. The van der Waals surface area contributed by atoms with Crippen LogP contribution in [0.3, 0.4) is 0 Å². The number of nitrogens with zero attached hydrogens (tertiary/aromatic N) is 2. The maximum Gasteiger partial charge on any atom is 0.319 e. The molecule has 0 bridgehead atoms. The number of rotatable bonds is 6. The van der Waals surface area contributed by atoms with E-state index in [-0.39, 0.29) is 18.0 Å². The molecule has 1 aromatic heterocycles. The van der Waals surface area contributed by atoms with Crippen LogP contribution in [0.2, 0.25) is 0 Å². The number of hydrogen-bond donors (Lipinski definition) is 3. The van der Waals surface area contributed by atoms with Crippen molar-refractivity contribution in [1.82, 2.24) is 20.4 Å². The smallest absolute Gasteiger partial charge is 0.319 e. The molecule has 0 radical (unpaired) electrons. The van der Waals surface area contributed by atoms with E-state index < -0.39 is 0 Å². The lowest BCUT2D eigenvalue weighted by atomic mass is 10.1. The van der Waals surface area contributed by atoms with Gasteiger partial charge in [0.25, 0.3) is 5.91 Å². The van der Waals surface area contributed by atoms with Crippen LogP contribution in [0.1, 0.15) is 41.2 Å². The highest BCUT2D eigenvalue weighted by molar-refractivity contribution is 6.03. The van der Waals surface area contributed by atoms with Crippen LogP contribution in [-0.4, -0.2) is 27.8 Å². The number of para-hydroxylation sites is 2. The first-order valence-corrected chi connectivity index (χ1v) is 9.92. The molecule has 0 fully saturated rings. The van der Waals surface area contributed by atoms with Gasteiger partial charge < -0.3 is 16.0 Å². The van der Waals surface area contributed by atoms with Crippen LogP contribution in [0, 0.1) is 13.8 Å². The van der Waals surface area contributed by atoms with E-state index >= 15 is 0 Å². The first-order chi connectivity index (χ1) is 14.4. The van der Waals surface area contributed by atoms with Gasteiger partial charge in [-0.25, -0.2) is 9.48 Å². The molecular weight excluding hydrogens is 378 g/mol. The highest BCUT2D eigenvalue weighted by atomic mass is 16.2. The Kier molecular flexibility index (Phi) is 6.51. The van der Waals surface area contributed by atoms with Crippen LogP contribution in [0.15, 0.2) is 54.6 Å². The molecule has 0 saturated carbocycles. The summed E-state index contributed by atoms with van der Waals surface area (Å²) in [5.74, 6) is -0.262. The Hall–Kier alpha value is -3.61. The summed E-state index contributed by atoms with van der Waals surface area (Å²) in [6.45, 7) is 8.01. The third kappa shape index (κ3) is 4.86. The van der Waals surface area contributed by atoms with Gasteiger partial charge >= 0.3 is 6.03 Å². The van der Waals surface area contributed by atoms with E-state index in [1.165, 1.54) is 0 Å². The summed E-state index contributed by atoms with van der Waals surface area (Å²) in [5.41, 5.74) is 4.64. The van der Waals surface area contributed by atoms with Crippen LogP contribution in [0.25, 0.3) is 5.69 Å². The van der Waals surface area contributed by atoms with Crippen LogP contribution in [0.5, 0.6) is 0 Å². The summed E-state index contributed by atoms with van der Waals surface area (Å²) in [6.07, 6.45) is 0. The molecule has 3 amide bonds. The second kappa shape index (κ2) is 9.26. The van der Waals surface area contributed by atoms with Gasteiger partial charge in [-0.15, -0.1) is 0 Å². The highest BCUT2D eigenvalue weighted by Gasteiger charge is 2.16. The van der Waals surface area contributed by atoms with E-state index in [0.717, 1.165) is 22.6 Å². The van der Waals surface area contributed by atoms with E-state index in [0.29, 0.717) is 17.8 Å². The summed E-state index contributed by atoms with van der Waals surface area (Å²) < 4.78 is 1.88. The Morgan fingerprint density at radius 2 is 1.67 bits per heavy atom. The molecule has 2 aromatic carbocycles. The Morgan fingerprint density at radius 3 is 2.37 bits per heavy atom. The van der Waals surface area contributed by atoms with E-state index in [1.54, 1.807) is 24.3 Å². The van der Waals surface area contributed by atoms with Crippen molar-refractivity contribution in [3.63, 3.8) is 0 Å². The quantitative estimate of drug-likeness (QED) is 0.580. The van der Waals surface area contributed by atoms with E-state index in [2.05, 4.69) is 21.0 Å². The van der Waals surface area contributed by atoms with Gasteiger partial charge in [-0.05, 0) is 52.0 Å². The van der Waals surface area contributed by atoms with Crippen molar-refractivity contribution in [3.05, 3.63) is 77.1 Å². The summed E-state index contributed by atoms with van der Waals surface area (Å²) >= 11 is 0. The number of benzene rings is 2. The number of carbonyl (C=O) groups is 2. The van der Waals surface area contributed by atoms with Gasteiger partial charge in [-0.1, -0.05) is 30.3 Å². The van der Waals surface area contributed by atoms with Gasteiger partial charge in [-0.2, -0.15) is 5.10 Å². The van der Waals surface area contributed by atoms with Crippen molar-refractivity contribution in [1.29, 1.82) is 0 Å². The molecule has 0 aliphatic carbocycles. The number of anilines is 1. The molecule has 0 saturated heterocycles. The topological polar surface area (TPSA) is 88.1 Å². The molecule has 3 aromatic rings. The lowest BCUT2D eigenvalue weighted by Crippen LogP contribution is -2.35. The van der Waals surface area contributed by atoms with Crippen molar-refractivity contribution < 1.29 is 9.59 Å². The molecule has 0 spiro atoms. The highest BCUT2D eigenvalue weighted by Crippen LogP contribution is 2.19. The van der Waals surface area contributed by atoms with Crippen LogP contribution in [0.4, 0.5) is 10.5 Å². The fourth-order valence-corrected chi connectivity index (χ4v) is 3.23. The van der Waals surface area contributed by atoms with Gasteiger partial charge in [-0.3, -0.25) is 4.79 Å². The molecule has 3 rings (SSSR count). The van der Waals surface area contributed by atoms with Gasteiger partial charge in [0.1, 0.15) is 0 Å². The van der Waals surface area contributed by atoms with Crippen LogP contribution in [-0.2, 0) is 6.54 Å². The lowest BCUT2D eigenvalue weighted by Gasteiger charge is -2.13. The number of carbonyl (C=O) groups excluding carboxylic acids is 2. The molecule has 7 nitrogen and oxygen atoms in total. The van der Waals surface area contributed by atoms with E-state index in [9.17, 15) is 9.59 Å². The first kappa shape index (κ1) is 21.1. The third-order valence-corrected chi connectivity index (χ3v) is 4.71. The van der Waals surface area contributed by atoms with Gasteiger partial charge in [0.05, 0.1) is 22.6 Å². The minimum atomic E-state index is -0.346. The third-order valence-electron chi connectivity index (χ3n) is 4.71. The molecule has 0 atom stereocenters. The average molecular weight is 406 g/mol. The number of amides is 3. The second-order valence-corrected chi connectivity index (χ2v) is 7.38. The normalized spacial score (nSPS) is 10.7. The SMILES string of the molecule is Cc1nn(-c2ccccc2)c(C)c1CNC(=O)c1ccccc1NC(=O)NC(C)C. The van der Waals surface area contributed by atoms with Crippen molar-refractivity contribution in [3.8, 4) is 5.69 Å². The average Bonchev–Trinajstić information content (AvgIpc) is 3.00. The number of urea groups is 1. The zero-order valence-corrected chi connectivity index (χ0v) is 17.7. The monoisotopic (exact) mass is 405 g/mol. The first-order valence-electron chi connectivity index (χ1n) is 9.92. The molecule has 30 heavy (non-hydrogen) atoms. The molecular formula is C23H27N5O2. The molecule has 1 heterocycles. The Balaban J connectivity index is 1.74. The zero-order valence-electron chi connectivity index (χ0n) is 17.7.